The Morgan fingerprint density at radius 3 is 2.47 bits per heavy atom. The molecule has 2 rings (SSSR count). The first kappa shape index (κ1) is 14.8. The van der Waals surface area contributed by atoms with Crippen LogP contribution in [0.2, 0.25) is 0 Å². The molecule has 2 nitrogen and oxygen atoms in total. The molecular formula is C14H10Br3NO. The van der Waals surface area contributed by atoms with E-state index in [9.17, 15) is 4.79 Å². The summed E-state index contributed by atoms with van der Waals surface area (Å²) >= 11 is 10.2. The van der Waals surface area contributed by atoms with Gasteiger partial charge in [0.1, 0.15) is 0 Å². The van der Waals surface area contributed by atoms with Crippen LogP contribution in [0.15, 0.2) is 55.9 Å². The van der Waals surface area contributed by atoms with Crippen molar-refractivity contribution in [2.45, 2.75) is 6.54 Å². The van der Waals surface area contributed by atoms with E-state index in [1.807, 2.05) is 36.4 Å². The molecule has 2 aromatic rings. The second kappa shape index (κ2) is 6.68. The molecule has 1 amide bonds. The summed E-state index contributed by atoms with van der Waals surface area (Å²) in [4.78, 5) is 12.1. The molecule has 0 radical (unpaired) electrons. The van der Waals surface area contributed by atoms with Crippen LogP contribution in [-0.2, 0) is 6.54 Å². The van der Waals surface area contributed by atoms with Gasteiger partial charge in [0, 0.05) is 20.0 Å². The van der Waals surface area contributed by atoms with Gasteiger partial charge < -0.3 is 5.32 Å². The summed E-state index contributed by atoms with van der Waals surface area (Å²) in [7, 11) is 0. The fourth-order valence-corrected chi connectivity index (χ4v) is 2.83. The number of carbonyl (C=O) groups excluding carboxylic acids is 1. The number of carbonyl (C=O) groups is 1. The van der Waals surface area contributed by atoms with Crippen LogP contribution in [0.3, 0.4) is 0 Å². The van der Waals surface area contributed by atoms with E-state index in [1.54, 1.807) is 6.07 Å². The van der Waals surface area contributed by atoms with E-state index in [-0.39, 0.29) is 5.91 Å². The topological polar surface area (TPSA) is 29.1 Å². The second-order valence-electron chi connectivity index (χ2n) is 3.94. The highest BCUT2D eigenvalue weighted by Gasteiger charge is 2.10. The van der Waals surface area contributed by atoms with E-state index in [0.717, 1.165) is 19.0 Å². The maximum atomic E-state index is 12.1. The first-order valence-corrected chi connectivity index (χ1v) is 7.92. The van der Waals surface area contributed by atoms with Crippen LogP contribution in [0.5, 0.6) is 0 Å². The molecule has 0 atom stereocenters. The number of halogens is 3. The molecule has 0 aromatic heterocycles. The van der Waals surface area contributed by atoms with E-state index in [0.29, 0.717) is 12.1 Å². The highest BCUT2D eigenvalue weighted by molar-refractivity contribution is 9.11. The smallest absolute Gasteiger partial charge is 0.252 e. The van der Waals surface area contributed by atoms with Gasteiger partial charge in [-0.25, -0.2) is 0 Å². The van der Waals surface area contributed by atoms with Gasteiger partial charge in [0.2, 0.25) is 0 Å². The first-order chi connectivity index (χ1) is 9.06. The van der Waals surface area contributed by atoms with Crippen molar-refractivity contribution in [1.29, 1.82) is 0 Å². The maximum absolute atomic E-state index is 12.1. The van der Waals surface area contributed by atoms with E-state index in [1.165, 1.54) is 0 Å². The van der Waals surface area contributed by atoms with Crippen molar-refractivity contribution in [1.82, 2.24) is 5.32 Å². The highest BCUT2D eigenvalue weighted by Crippen LogP contribution is 2.21. The number of benzene rings is 2. The number of rotatable bonds is 3. The molecular weight excluding hydrogens is 438 g/mol. The maximum Gasteiger partial charge on any atom is 0.252 e. The van der Waals surface area contributed by atoms with Crippen molar-refractivity contribution >= 4 is 53.7 Å². The van der Waals surface area contributed by atoms with Crippen LogP contribution in [0.4, 0.5) is 0 Å². The molecule has 2 aromatic carbocycles. The zero-order chi connectivity index (χ0) is 13.8. The third kappa shape index (κ3) is 4.16. The van der Waals surface area contributed by atoms with Gasteiger partial charge in [-0.3, -0.25) is 4.79 Å². The van der Waals surface area contributed by atoms with Crippen molar-refractivity contribution in [3.63, 3.8) is 0 Å². The first-order valence-electron chi connectivity index (χ1n) is 5.54. The molecule has 0 aliphatic carbocycles. The normalized spacial score (nSPS) is 10.3. The lowest BCUT2D eigenvalue weighted by molar-refractivity contribution is 0.0950. The van der Waals surface area contributed by atoms with E-state index < -0.39 is 0 Å². The van der Waals surface area contributed by atoms with Gasteiger partial charge in [0.25, 0.3) is 5.91 Å². The Morgan fingerprint density at radius 2 is 1.74 bits per heavy atom. The highest BCUT2D eigenvalue weighted by atomic mass is 79.9. The van der Waals surface area contributed by atoms with Gasteiger partial charge in [0.15, 0.2) is 0 Å². The molecule has 0 heterocycles. The number of hydrogen-bond donors (Lipinski definition) is 1. The van der Waals surface area contributed by atoms with Crippen molar-refractivity contribution in [3.05, 3.63) is 67.0 Å². The molecule has 0 spiro atoms. The molecule has 98 valence electrons. The van der Waals surface area contributed by atoms with Crippen LogP contribution in [-0.4, -0.2) is 5.91 Å². The van der Waals surface area contributed by atoms with E-state index >= 15 is 0 Å². The molecule has 0 fully saturated rings. The average molecular weight is 448 g/mol. The summed E-state index contributed by atoms with van der Waals surface area (Å²) in [5.74, 6) is -0.104. The third-order valence-electron chi connectivity index (χ3n) is 2.52. The fourth-order valence-electron chi connectivity index (χ4n) is 1.60. The lowest BCUT2D eigenvalue weighted by Gasteiger charge is -2.08. The van der Waals surface area contributed by atoms with Crippen molar-refractivity contribution < 1.29 is 4.79 Å². The minimum absolute atomic E-state index is 0.104. The summed E-state index contributed by atoms with van der Waals surface area (Å²) < 4.78 is 2.66. The van der Waals surface area contributed by atoms with E-state index in [4.69, 9.17) is 0 Å². The van der Waals surface area contributed by atoms with Crippen LogP contribution >= 0.6 is 47.8 Å². The predicted molar refractivity (Wildman–Crippen MR) is 87.2 cm³/mol. The molecule has 0 saturated carbocycles. The van der Waals surface area contributed by atoms with Crippen molar-refractivity contribution in [2.24, 2.45) is 0 Å². The van der Waals surface area contributed by atoms with E-state index in [2.05, 4.69) is 53.1 Å². The van der Waals surface area contributed by atoms with Gasteiger partial charge in [-0.1, -0.05) is 44.0 Å². The molecule has 0 bridgehead atoms. The van der Waals surface area contributed by atoms with Crippen LogP contribution in [0, 0.1) is 0 Å². The molecule has 0 aliphatic heterocycles. The summed E-state index contributed by atoms with van der Waals surface area (Å²) in [6.07, 6.45) is 0. The SMILES string of the molecule is O=C(NCc1cccc(Br)c1)c1cc(Br)ccc1Br. The molecule has 0 unspecified atom stereocenters. The Labute approximate surface area is 137 Å². The summed E-state index contributed by atoms with van der Waals surface area (Å²) in [5, 5.41) is 2.90. The Bertz CT molecular complexity index is 613. The third-order valence-corrected chi connectivity index (χ3v) is 4.19. The minimum atomic E-state index is -0.104. The van der Waals surface area contributed by atoms with Crippen LogP contribution in [0.25, 0.3) is 0 Å². The van der Waals surface area contributed by atoms with Gasteiger partial charge in [0.05, 0.1) is 5.56 Å². The zero-order valence-electron chi connectivity index (χ0n) is 9.79. The monoisotopic (exact) mass is 445 g/mol. The fraction of sp³-hybridized carbons (Fsp3) is 0.0714. The van der Waals surface area contributed by atoms with Gasteiger partial charge in [-0.05, 0) is 51.8 Å². The number of nitrogens with one attached hydrogen (secondary N) is 1. The molecule has 19 heavy (non-hydrogen) atoms. The van der Waals surface area contributed by atoms with Crippen LogP contribution < -0.4 is 5.32 Å². The minimum Gasteiger partial charge on any atom is -0.348 e. The lowest BCUT2D eigenvalue weighted by atomic mass is 10.2. The Hall–Kier alpha value is -0.650. The number of amides is 1. The average Bonchev–Trinajstić information content (AvgIpc) is 2.39. The largest absolute Gasteiger partial charge is 0.348 e. The molecule has 1 N–H and O–H groups in total. The quantitative estimate of drug-likeness (QED) is 0.712. The standard InChI is InChI=1S/C14H10Br3NO/c15-10-3-1-2-9(6-10)8-18-14(19)12-7-11(16)4-5-13(12)17/h1-7H,8H2,(H,18,19). The van der Waals surface area contributed by atoms with Crippen molar-refractivity contribution in [3.8, 4) is 0 Å². The van der Waals surface area contributed by atoms with Crippen molar-refractivity contribution in [2.75, 3.05) is 0 Å². The zero-order valence-corrected chi connectivity index (χ0v) is 14.5. The second-order valence-corrected chi connectivity index (χ2v) is 6.62. The molecule has 5 heteroatoms. The Balaban J connectivity index is 2.07. The van der Waals surface area contributed by atoms with Crippen LogP contribution in [0.1, 0.15) is 15.9 Å². The molecule has 0 aliphatic rings. The number of hydrogen-bond acceptors (Lipinski definition) is 1. The lowest BCUT2D eigenvalue weighted by Crippen LogP contribution is -2.23. The summed E-state index contributed by atoms with van der Waals surface area (Å²) in [6.45, 7) is 0.497. The summed E-state index contributed by atoms with van der Waals surface area (Å²) in [5.41, 5.74) is 1.67. The Morgan fingerprint density at radius 1 is 1.00 bits per heavy atom. The predicted octanol–water partition coefficient (Wildman–Crippen LogP) is 4.90. The van der Waals surface area contributed by atoms with Gasteiger partial charge in [-0.15, -0.1) is 0 Å². The molecule has 0 saturated heterocycles. The van der Waals surface area contributed by atoms with Gasteiger partial charge in [-0.2, -0.15) is 0 Å². The Kier molecular flexibility index (Phi) is 5.19. The van der Waals surface area contributed by atoms with Gasteiger partial charge >= 0.3 is 0 Å². The summed E-state index contributed by atoms with van der Waals surface area (Å²) in [6, 6.07) is 13.4.